The first kappa shape index (κ1) is 9.93. The van der Waals surface area contributed by atoms with Crippen LogP contribution in [-0.4, -0.2) is 36.5 Å². The number of aliphatic hydroxyl groups excluding tert-OH is 1. The molecule has 0 aromatic rings. The monoisotopic (exact) mass is 200 g/mol. The summed E-state index contributed by atoms with van der Waals surface area (Å²) in [7, 11) is 1.38. The van der Waals surface area contributed by atoms with E-state index in [2.05, 4.69) is 0 Å². The van der Waals surface area contributed by atoms with Gasteiger partial charge in [0.2, 0.25) is 0 Å². The minimum absolute atomic E-state index is 0.00338. The van der Waals surface area contributed by atoms with Crippen LogP contribution < -0.4 is 0 Å². The lowest BCUT2D eigenvalue weighted by atomic mass is 9.73. The average molecular weight is 200 g/mol. The van der Waals surface area contributed by atoms with E-state index in [4.69, 9.17) is 14.6 Å². The number of rotatable bonds is 2. The highest BCUT2D eigenvalue weighted by atomic mass is 16.6. The highest BCUT2D eigenvalue weighted by Crippen LogP contribution is 2.44. The van der Waals surface area contributed by atoms with Gasteiger partial charge in [-0.05, 0) is 31.6 Å². The van der Waals surface area contributed by atoms with Crippen LogP contribution in [0.25, 0.3) is 0 Å². The van der Waals surface area contributed by atoms with Gasteiger partial charge in [-0.25, -0.2) is 4.79 Å². The van der Waals surface area contributed by atoms with Crippen LogP contribution in [0.2, 0.25) is 0 Å². The third-order valence-electron chi connectivity index (χ3n) is 3.48. The molecule has 0 amide bonds. The summed E-state index contributed by atoms with van der Waals surface area (Å²) in [5, 5.41) is 9.10. The number of fused-ring (bicyclic) bond motifs is 3. The van der Waals surface area contributed by atoms with Gasteiger partial charge in [0.05, 0.1) is 19.8 Å². The minimum Gasteiger partial charge on any atom is -0.467 e. The fourth-order valence-corrected chi connectivity index (χ4v) is 2.61. The fraction of sp³-hybridized carbons (Fsp3) is 0.900. The number of aliphatic hydroxyl groups is 1. The van der Waals surface area contributed by atoms with Gasteiger partial charge in [-0.1, -0.05) is 0 Å². The smallest absolute Gasteiger partial charge is 0.338 e. The summed E-state index contributed by atoms with van der Waals surface area (Å²) < 4.78 is 10.4. The highest BCUT2D eigenvalue weighted by molar-refractivity contribution is 5.79. The lowest BCUT2D eigenvalue weighted by Crippen LogP contribution is -2.56. The van der Waals surface area contributed by atoms with Crippen LogP contribution in [0.5, 0.6) is 0 Å². The molecule has 2 saturated heterocycles. The molecule has 1 unspecified atom stereocenters. The summed E-state index contributed by atoms with van der Waals surface area (Å²) in [6, 6.07) is 0. The molecular formula is C10H16O4. The second kappa shape index (κ2) is 3.51. The predicted octanol–water partition coefficient (Wildman–Crippen LogP) is 0.479. The maximum absolute atomic E-state index is 11.6. The third-order valence-corrected chi connectivity index (χ3v) is 3.48. The molecule has 4 heteroatoms. The van der Waals surface area contributed by atoms with Crippen molar-refractivity contribution in [2.24, 2.45) is 5.92 Å². The number of esters is 1. The first-order chi connectivity index (χ1) is 6.72. The Kier molecular flexibility index (Phi) is 2.49. The number of methoxy groups -OCH3 is 1. The number of carbonyl (C=O) groups excluding carboxylic acids is 1. The molecule has 2 bridgehead atoms. The zero-order valence-corrected chi connectivity index (χ0v) is 8.36. The van der Waals surface area contributed by atoms with Crippen LogP contribution in [0.15, 0.2) is 0 Å². The maximum atomic E-state index is 11.6. The topological polar surface area (TPSA) is 55.8 Å². The predicted molar refractivity (Wildman–Crippen MR) is 48.7 cm³/mol. The molecule has 0 aromatic heterocycles. The molecule has 2 heterocycles. The molecule has 4 nitrogen and oxygen atoms in total. The van der Waals surface area contributed by atoms with E-state index >= 15 is 0 Å². The number of carbonyl (C=O) groups is 1. The van der Waals surface area contributed by atoms with Crippen molar-refractivity contribution in [1.29, 1.82) is 0 Å². The van der Waals surface area contributed by atoms with Gasteiger partial charge in [0.15, 0.2) is 5.60 Å². The van der Waals surface area contributed by atoms with Gasteiger partial charge in [0.25, 0.3) is 0 Å². The van der Waals surface area contributed by atoms with E-state index in [0.29, 0.717) is 5.92 Å². The van der Waals surface area contributed by atoms with Crippen molar-refractivity contribution < 1.29 is 19.4 Å². The van der Waals surface area contributed by atoms with E-state index in [-0.39, 0.29) is 18.7 Å². The number of hydrogen-bond acceptors (Lipinski definition) is 4. The van der Waals surface area contributed by atoms with Crippen molar-refractivity contribution in [3.63, 3.8) is 0 Å². The molecule has 0 spiro atoms. The standard InChI is InChI=1S/C10H16O4/c1-13-9(12)10-4-2-7(3-5-10)8(6-11)14-10/h7-8,11H,2-6H2,1H3. The Morgan fingerprint density at radius 3 is 2.71 bits per heavy atom. The Hall–Kier alpha value is -0.610. The molecule has 1 saturated carbocycles. The van der Waals surface area contributed by atoms with Crippen LogP contribution in [0.3, 0.4) is 0 Å². The normalized spacial score (nSPS) is 41.0. The molecular weight excluding hydrogens is 184 g/mol. The van der Waals surface area contributed by atoms with Gasteiger partial charge in [-0.3, -0.25) is 0 Å². The molecule has 0 aromatic carbocycles. The van der Waals surface area contributed by atoms with E-state index in [1.54, 1.807) is 0 Å². The Labute approximate surface area is 83.2 Å². The lowest BCUT2D eigenvalue weighted by Gasteiger charge is -2.48. The Bertz CT molecular complexity index is 230. The molecule has 14 heavy (non-hydrogen) atoms. The van der Waals surface area contributed by atoms with Gasteiger partial charge in [0.1, 0.15) is 0 Å². The van der Waals surface area contributed by atoms with Gasteiger partial charge in [-0.15, -0.1) is 0 Å². The summed E-state index contributed by atoms with van der Waals surface area (Å²) >= 11 is 0. The van der Waals surface area contributed by atoms with E-state index in [9.17, 15) is 4.79 Å². The second-order valence-corrected chi connectivity index (χ2v) is 4.16. The van der Waals surface area contributed by atoms with Crippen LogP contribution in [-0.2, 0) is 14.3 Å². The van der Waals surface area contributed by atoms with E-state index < -0.39 is 5.60 Å². The molecule has 1 atom stereocenters. The quantitative estimate of drug-likeness (QED) is 0.659. The summed E-state index contributed by atoms with van der Waals surface area (Å²) in [5.74, 6) is 0.139. The van der Waals surface area contributed by atoms with Crippen LogP contribution in [0.4, 0.5) is 0 Å². The summed E-state index contributed by atoms with van der Waals surface area (Å²) in [6.07, 6.45) is 3.22. The zero-order valence-electron chi connectivity index (χ0n) is 8.36. The highest BCUT2D eigenvalue weighted by Gasteiger charge is 2.52. The van der Waals surface area contributed by atoms with Crippen LogP contribution >= 0.6 is 0 Å². The molecule has 3 aliphatic rings. The first-order valence-electron chi connectivity index (χ1n) is 5.09. The largest absolute Gasteiger partial charge is 0.467 e. The van der Waals surface area contributed by atoms with Crippen LogP contribution in [0, 0.1) is 5.92 Å². The van der Waals surface area contributed by atoms with Crippen molar-refractivity contribution in [3.8, 4) is 0 Å². The van der Waals surface area contributed by atoms with E-state index in [1.165, 1.54) is 7.11 Å². The third kappa shape index (κ3) is 1.33. The summed E-state index contributed by atoms with van der Waals surface area (Å²) in [4.78, 5) is 11.6. The molecule has 80 valence electrons. The van der Waals surface area contributed by atoms with Crippen molar-refractivity contribution in [1.82, 2.24) is 0 Å². The van der Waals surface area contributed by atoms with E-state index in [0.717, 1.165) is 25.7 Å². The Balaban J connectivity index is 2.15. The molecule has 1 aliphatic carbocycles. The number of hydrogen-bond donors (Lipinski definition) is 1. The molecule has 1 N–H and O–H groups in total. The zero-order chi connectivity index (χ0) is 10.2. The van der Waals surface area contributed by atoms with Crippen LogP contribution in [0.1, 0.15) is 25.7 Å². The van der Waals surface area contributed by atoms with Crippen molar-refractivity contribution in [2.75, 3.05) is 13.7 Å². The summed E-state index contributed by atoms with van der Waals surface area (Å²) in [5.41, 5.74) is -0.753. The van der Waals surface area contributed by atoms with Gasteiger partial charge >= 0.3 is 5.97 Å². The SMILES string of the molecule is COC(=O)C12CCC(CC1)C(CO)O2. The van der Waals surface area contributed by atoms with E-state index in [1.807, 2.05) is 0 Å². The molecule has 3 fully saturated rings. The van der Waals surface area contributed by atoms with Gasteiger partial charge in [0, 0.05) is 0 Å². The van der Waals surface area contributed by atoms with Crippen molar-refractivity contribution in [3.05, 3.63) is 0 Å². The van der Waals surface area contributed by atoms with Gasteiger partial charge < -0.3 is 14.6 Å². The van der Waals surface area contributed by atoms with Crippen molar-refractivity contribution >= 4 is 5.97 Å². The Morgan fingerprint density at radius 1 is 1.57 bits per heavy atom. The Morgan fingerprint density at radius 2 is 2.21 bits per heavy atom. The second-order valence-electron chi connectivity index (χ2n) is 4.16. The lowest BCUT2D eigenvalue weighted by molar-refractivity contribution is -0.221. The first-order valence-corrected chi connectivity index (χ1v) is 5.09. The molecule has 2 aliphatic heterocycles. The summed E-state index contributed by atoms with van der Waals surface area (Å²) in [6.45, 7) is 0.00338. The fourth-order valence-electron chi connectivity index (χ4n) is 2.61. The van der Waals surface area contributed by atoms with Crippen molar-refractivity contribution in [2.45, 2.75) is 37.4 Å². The molecule has 0 radical (unpaired) electrons. The molecule has 3 rings (SSSR count). The minimum atomic E-state index is -0.753. The average Bonchev–Trinajstić information content (AvgIpc) is 2.29. The maximum Gasteiger partial charge on any atom is 0.338 e. The number of ether oxygens (including phenoxy) is 2. The van der Waals surface area contributed by atoms with Gasteiger partial charge in [-0.2, -0.15) is 0 Å².